The molecule has 2 N–H and O–H groups in total. The lowest BCUT2D eigenvalue weighted by atomic mass is 9.55. The number of hydrogen-bond acceptors (Lipinski definition) is 5. The molecule has 0 amide bonds. The Bertz CT molecular complexity index is 862. The van der Waals surface area contributed by atoms with Gasteiger partial charge in [-0.05, 0) is 51.0 Å². The fraction of sp³-hybridized carbons (Fsp3) is 0.696. The van der Waals surface area contributed by atoms with Crippen LogP contribution in [0.25, 0.3) is 0 Å². The lowest BCUT2D eigenvalue weighted by Gasteiger charge is -2.58. The molecule has 0 saturated heterocycles. The summed E-state index contributed by atoms with van der Waals surface area (Å²) in [4.78, 5) is 6.28. The molecule has 32 heavy (non-hydrogen) atoms. The molecule has 2 aromatic rings. The Morgan fingerprint density at radius 2 is 2.12 bits per heavy atom. The van der Waals surface area contributed by atoms with Crippen molar-refractivity contribution < 1.29 is 4.74 Å². The fourth-order valence-corrected chi connectivity index (χ4v) is 5.79. The molecule has 0 bridgehead atoms. The molecule has 2 atom stereocenters. The van der Waals surface area contributed by atoms with E-state index in [0.29, 0.717) is 18.7 Å². The predicted molar refractivity (Wildman–Crippen MR) is 141 cm³/mol. The van der Waals surface area contributed by atoms with Crippen LogP contribution in [0.4, 0.5) is 0 Å². The number of nitrogens with zero attached hydrogens (tertiary/aromatic N) is 4. The van der Waals surface area contributed by atoms with Gasteiger partial charge in [-0.25, -0.2) is 4.99 Å². The quantitative estimate of drug-likeness (QED) is 0.282. The highest BCUT2D eigenvalue weighted by atomic mass is 127. The number of thiophene rings is 1. The molecule has 2 unspecified atom stereocenters. The van der Waals surface area contributed by atoms with Gasteiger partial charge in [0.25, 0.3) is 0 Å². The van der Waals surface area contributed by atoms with Gasteiger partial charge in [-0.1, -0.05) is 25.3 Å². The SMILES string of the molecule is CCOC1CC(NC(=NCc2nnc(C)n2C)NCCc2cccs2)C12CCCCC2.I. The van der Waals surface area contributed by atoms with Crippen molar-refractivity contribution in [1.29, 1.82) is 0 Å². The van der Waals surface area contributed by atoms with Gasteiger partial charge < -0.3 is 19.9 Å². The molecule has 2 heterocycles. The van der Waals surface area contributed by atoms with Crippen molar-refractivity contribution in [2.75, 3.05) is 13.2 Å². The Morgan fingerprint density at radius 1 is 1.31 bits per heavy atom. The summed E-state index contributed by atoms with van der Waals surface area (Å²) < 4.78 is 8.14. The average Bonchev–Trinajstić information content (AvgIpc) is 3.42. The maximum Gasteiger partial charge on any atom is 0.191 e. The number of nitrogens with one attached hydrogen (secondary N) is 2. The minimum atomic E-state index is 0. The van der Waals surface area contributed by atoms with Gasteiger partial charge in [0.15, 0.2) is 11.8 Å². The highest BCUT2D eigenvalue weighted by Crippen LogP contribution is 2.53. The topological polar surface area (TPSA) is 76.4 Å². The van der Waals surface area contributed by atoms with Crippen molar-refractivity contribution in [3.05, 3.63) is 34.0 Å². The summed E-state index contributed by atoms with van der Waals surface area (Å²) in [7, 11) is 1.99. The van der Waals surface area contributed by atoms with Gasteiger partial charge in [-0.2, -0.15) is 0 Å². The van der Waals surface area contributed by atoms with Crippen LogP contribution in [0, 0.1) is 12.3 Å². The first-order valence-corrected chi connectivity index (χ1v) is 12.5. The molecule has 1 spiro atoms. The number of halogens is 1. The van der Waals surface area contributed by atoms with Crippen LogP contribution in [-0.2, 0) is 24.8 Å². The summed E-state index contributed by atoms with van der Waals surface area (Å²) in [6, 6.07) is 4.71. The van der Waals surface area contributed by atoms with Crippen molar-refractivity contribution in [2.24, 2.45) is 17.5 Å². The van der Waals surface area contributed by atoms with E-state index in [9.17, 15) is 0 Å². The summed E-state index contributed by atoms with van der Waals surface area (Å²) >= 11 is 1.80. The van der Waals surface area contributed by atoms with Crippen LogP contribution in [0.15, 0.2) is 22.5 Å². The first-order valence-electron chi connectivity index (χ1n) is 11.7. The maximum absolute atomic E-state index is 6.14. The zero-order valence-corrected chi connectivity index (χ0v) is 22.6. The Labute approximate surface area is 212 Å². The first kappa shape index (κ1) is 25.4. The molecule has 2 aromatic heterocycles. The van der Waals surface area contributed by atoms with E-state index in [0.717, 1.165) is 43.6 Å². The summed E-state index contributed by atoms with van der Waals surface area (Å²) in [6.45, 7) is 6.25. The third-order valence-electron chi connectivity index (χ3n) is 7.05. The van der Waals surface area contributed by atoms with E-state index in [1.54, 1.807) is 11.3 Å². The molecule has 2 fully saturated rings. The highest BCUT2D eigenvalue weighted by molar-refractivity contribution is 14.0. The normalized spacial score (nSPS) is 22.3. The zero-order valence-electron chi connectivity index (χ0n) is 19.5. The number of hydrogen-bond donors (Lipinski definition) is 2. The Kier molecular flexibility index (Phi) is 9.36. The average molecular weight is 573 g/mol. The summed E-state index contributed by atoms with van der Waals surface area (Å²) in [6.07, 6.45) is 8.89. The van der Waals surface area contributed by atoms with Gasteiger partial charge in [0, 0.05) is 36.5 Å². The van der Waals surface area contributed by atoms with Crippen molar-refractivity contribution in [1.82, 2.24) is 25.4 Å². The highest BCUT2D eigenvalue weighted by Gasteiger charge is 2.55. The zero-order chi connectivity index (χ0) is 21.7. The number of guanidine groups is 1. The van der Waals surface area contributed by atoms with Crippen molar-refractivity contribution in [2.45, 2.75) is 77.5 Å². The van der Waals surface area contributed by atoms with E-state index < -0.39 is 0 Å². The molecule has 2 aliphatic carbocycles. The van der Waals surface area contributed by atoms with Gasteiger partial charge in [-0.15, -0.1) is 45.5 Å². The molecular weight excluding hydrogens is 535 g/mol. The molecule has 0 aromatic carbocycles. The van der Waals surface area contributed by atoms with Gasteiger partial charge in [-0.3, -0.25) is 0 Å². The lowest BCUT2D eigenvalue weighted by molar-refractivity contribution is -0.145. The van der Waals surface area contributed by atoms with Crippen LogP contribution in [0.1, 0.15) is 62.0 Å². The molecule has 4 rings (SSSR count). The predicted octanol–water partition coefficient (Wildman–Crippen LogP) is 4.21. The van der Waals surface area contributed by atoms with Gasteiger partial charge in [0.1, 0.15) is 12.4 Å². The van der Waals surface area contributed by atoms with Crippen LogP contribution in [-0.4, -0.2) is 46.0 Å². The van der Waals surface area contributed by atoms with E-state index >= 15 is 0 Å². The maximum atomic E-state index is 6.14. The van der Waals surface area contributed by atoms with Crippen molar-refractivity contribution >= 4 is 41.3 Å². The van der Waals surface area contributed by atoms with E-state index in [1.165, 1.54) is 37.0 Å². The summed E-state index contributed by atoms with van der Waals surface area (Å²) in [5.41, 5.74) is 0.256. The first-order chi connectivity index (χ1) is 15.1. The van der Waals surface area contributed by atoms with Crippen LogP contribution in [0.2, 0.25) is 0 Å². The molecule has 9 heteroatoms. The summed E-state index contributed by atoms with van der Waals surface area (Å²) in [5, 5.41) is 17.9. The van der Waals surface area contributed by atoms with Gasteiger partial charge >= 0.3 is 0 Å². The second-order valence-electron chi connectivity index (χ2n) is 8.81. The smallest absolute Gasteiger partial charge is 0.191 e. The molecule has 2 aliphatic rings. The second-order valence-corrected chi connectivity index (χ2v) is 9.85. The van der Waals surface area contributed by atoms with Crippen LogP contribution in [0.3, 0.4) is 0 Å². The van der Waals surface area contributed by atoms with Gasteiger partial charge in [0.05, 0.1) is 6.10 Å². The fourth-order valence-electron chi connectivity index (χ4n) is 5.08. The largest absolute Gasteiger partial charge is 0.378 e. The Balaban J connectivity index is 0.00000289. The molecule has 0 radical (unpaired) electrons. The number of ether oxygens (including phenoxy) is 1. The van der Waals surface area contributed by atoms with Crippen molar-refractivity contribution in [3.8, 4) is 0 Å². The van der Waals surface area contributed by atoms with Crippen LogP contribution in [0.5, 0.6) is 0 Å². The molecule has 0 aliphatic heterocycles. The van der Waals surface area contributed by atoms with E-state index in [2.05, 4.69) is 45.3 Å². The van der Waals surface area contributed by atoms with E-state index in [-0.39, 0.29) is 29.4 Å². The Morgan fingerprint density at radius 3 is 2.78 bits per heavy atom. The Hall–Kier alpha value is -1.20. The number of aromatic nitrogens is 3. The third kappa shape index (κ3) is 5.64. The second kappa shape index (κ2) is 11.8. The van der Waals surface area contributed by atoms with Crippen LogP contribution >= 0.6 is 35.3 Å². The van der Waals surface area contributed by atoms with Crippen molar-refractivity contribution in [3.63, 3.8) is 0 Å². The molecular formula is C23H37IN6OS. The number of rotatable bonds is 8. The number of aryl methyl sites for hydroxylation is 1. The molecule has 7 nitrogen and oxygen atoms in total. The lowest BCUT2D eigenvalue weighted by Crippen LogP contribution is -2.66. The van der Waals surface area contributed by atoms with Crippen LogP contribution < -0.4 is 10.6 Å². The molecule has 178 valence electrons. The van der Waals surface area contributed by atoms with E-state index in [4.69, 9.17) is 9.73 Å². The standard InChI is InChI=1S/C23H36N6OS.HI/c1-4-30-20-15-19(23(20)11-6-5-7-12-23)26-22(24-13-10-18-9-8-14-31-18)25-16-21-28-27-17(2)29(21)3;/h8-9,14,19-20H,4-7,10-13,15-16H2,1-3H3,(H2,24,25,26);1H. The molecule has 2 saturated carbocycles. The monoisotopic (exact) mass is 572 g/mol. The van der Waals surface area contributed by atoms with Gasteiger partial charge in [0.2, 0.25) is 0 Å². The third-order valence-corrected chi connectivity index (χ3v) is 7.99. The minimum Gasteiger partial charge on any atom is -0.378 e. The summed E-state index contributed by atoms with van der Waals surface area (Å²) in [5.74, 6) is 2.66. The van der Waals surface area contributed by atoms with E-state index in [1.807, 2.05) is 18.5 Å². The number of aliphatic imine (C=N–C) groups is 1. The minimum absolute atomic E-state index is 0.